The minimum absolute atomic E-state index is 0.630. The number of hydrogen-bond acceptors (Lipinski definition) is 3. The first-order chi connectivity index (χ1) is 8.77. The van der Waals surface area contributed by atoms with Crippen LogP contribution in [0.3, 0.4) is 0 Å². The van der Waals surface area contributed by atoms with E-state index in [0.29, 0.717) is 13.2 Å². The Bertz CT molecular complexity index is 560. The van der Waals surface area contributed by atoms with E-state index in [1.54, 1.807) is 0 Å². The summed E-state index contributed by atoms with van der Waals surface area (Å²) in [4.78, 5) is 2.17. The predicted octanol–water partition coefficient (Wildman–Crippen LogP) is 1.97. The average Bonchev–Trinajstić information content (AvgIpc) is 2.71. The summed E-state index contributed by atoms with van der Waals surface area (Å²) in [5, 5.41) is 1.14. The molecule has 1 aromatic heterocycles. The average molecular weight is 246 g/mol. The molecule has 0 bridgehead atoms. The molecule has 0 saturated heterocycles. The van der Waals surface area contributed by atoms with Gasteiger partial charge in [-0.3, -0.25) is 0 Å². The van der Waals surface area contributed by atoms with Crippen molar-refractivity contribution in [1.29, 1.82) is 0 Å². The smallest absolute Gasteiger partial charge is 0.238 e. The number of ether oxygens (including phenoxy) is 2. The zero-order valence-corrected chi connectivity index (χ0v) is 10.8. The van der Waals surface area contributed by atoms with Gasteiger partial charge in [0.25, 0.3) is 0 Å². The normalized spacial score (nSPS) is 14.4. The van der Waals surface area contributed by atoms with Gasteiger partial charge in [0.1, 0.15) is 13.2 Å². The highest BCUT2D eigenvalue weighted by Gasteiger charge is 2.22. The Kier molecular flexibility index (Phi) is 2.88. The molecule has 4 nitrogen and oxygen atoms in total. The Morgan fingerprint density at radius 1 is 1.17 bits per heavy atom. The first-order valence-electron chi connectivity index (χ1n) is 6.29. The maximum Gasteiger partial charge on any atom is 0.238 e. The predicted molar refractivity (Wildman–Crippen MR) is 71.5 cm³/mol. The topological polar surface area (TPSA) is 26.6 Å². The molecule has 2 aromatic rings. The fourth-order valence-corrected chi connectivity index (χ4v) is 2.34. The quantitative estimate of drug-likeness (QED) is 0.828. The van der Waals surface area contributed by atoms with Crippen molar-refractivity contribution in [3.05, 3.63) is 24.3 Å². The molecule has 0 aliphatic carbocycles. The fraction of sp³-hybridized carbons (Fsp3) is 0.429. The lowest BCUT2D eigenvalue weighted by Crippen LogP contribution is -2.21. The van der Waals surface area contributed by atoms with Gasteiger partial charge in [-0.1, -0.05) is 12.1 Å². The van der Waals surface area contributed by atoms with Crippen molar-refractivity contribution in [3.8, 4) is 11.6 Å². The molecule has 0 N–H and O–H groups in total. The summed E-state index contributed by atoms with van der Waals surface area (Å²) in [5.41, 5.74) is 1.19. The molecule has 0 atom stereocenters. The molecule has 0 fully saturated rings. The van der Waals surface area contributed by atoms with Crippen LogP contribution < -0.4 is 9.47 Å². The first-order valence-corrected chi connectivity index (χ1v) is 6.29. The molecule has 0 radical (unpaired) electrons. The summed E-state index contributed by atoms with van der Waals surface area (Å²) in [6, 6.07) is 8.31. The van der Waals surface area contributed by atoms with Crippen LogP contribution in [0.1, 0.15) is 0 Å². The van der Waals surface area contributed by atoms with Gasteiger partial charge < -0.3 is 18.9 Å². The number of aromatic nitrogens is 1. The zero-order chi connectivity index (χ0) is 12.5. The van der Waals surface area contributed by atoms with Crippen molar-refractivity contribution in [2.75, 3.05) is 33.9 Å². The molecule has 1 aliphatic rings. The highest BCUT2D eigenvalue weighted by Crippen LogP contribution is 2.40. The largest absolute Gasteiger partial charge is 0.484 e. The second-order valence-electron chi connectivity index (χ2n) is 4.80. The monoisotopic (exact) mass is 246 g/mol. The third-order valence-corrected chi connectivity index (χ3v) is 3.22. The zero-order valence-electron chi connectivity index (χ0n) is 10.8. The van der Waals surface area contributed by atoms with Gasteiger partial charge in [-0.2, -0.15) is 0 Å². The number of likely N-dealkylation sites (N-methyl/N-ethyl adjacent to an activating group) is 1. The Morgan fingerprint density at radius 3 is 2.78 bits per heavy atom. The van der Waals surface area contributed by atoms with Crippen molar-refractivity contribution in [2.45, 2.75) is 6.54 Å². The third-order valence-electron chi connectivity index (χ3n) is 3.22. The minimum Gasteiger partial charge on any atom is -0.484 e. The maximum absolute atomic E-state index is 5.79. The van der Waals surface area contributed by atoms with Crippen molar-refractivity contribution < 1.29 is 9.47 Å². The van der Waals surface area contributed by atoms with Gasteiger partial charge in [0.15, 0.2) is 5.75 Å². The lowest BCUT2D eigenvalue weighted by Gasteiger charge is -2.18. The third kappa shape index (κ3) is 1.82. The van der Waals surface area contributed by atoms with Gasteiger partial charge in [0.05, 0.1) is 5.52 Å². The molecule has 4 heteroatoms. The van der Waals surface area contributed by atoms with Crippen molar-refractivity contribution in [3.63, 3.8) is 0 Å². The van der Waals surface area contributed by atoms with Crippen LogP contribution in [0.5, 0.6) is 11.6 Å². The number of para-hydroxylation sites is 1. The van der Waals surface area contributed by atoms with Crippen LogP contribution in [0, 0.1) is 0 Å². The van der Waals surface area contributed by atoms with Gasteiger partial charge in [0.2, 0.25) is 5.88 Å². The summed E-state index contributed by atoms with van der Waals surface area (Å²) in [6.07, 6.45) is 0. The first kappa shape index (κ1) is 11.4. The van der Waals surface area contributed by atoms with Crippen LogP contribution in [-0.2, 0) is 6.54 Å². The molecule has 3 rings (SSSR count). The summed E-state index contributed by atoms with van der Waals surface area (Å²) in [5.74, 6) is 1.78. The van der Waals surface area contributed by atoms with Gasteiger partial charge in [-0.25, -0.2) is 0 Å². The Balaban J connectivity index is 2.10. The standard InChI is InChI=1S/C14H18N2O2/c1-15(2)7-8-16-12-6-4-3-5-11(12)13-14(16)18-10-9-17-13/h3-6H,7-10H2,1-2H3. The van der Waals surface area contributed by atoms with E-state index in [-0.39, 0.29) is 0 Å². The van der Waals surface area contributed by atoms with Gasteiger partial charge in [0, 0.05) is 18.5 Å². The van der Waals surface area contributed by atoms with Crippen molar-refractivity contribution >= 4 is 10.9 Å². The molecule has 0 saturated carbocycles. The van der Waals surface area contributed by atoms with E-state index in [9.17, 15) is 0 Å². The fourth-order valence-electron chi connectivity index (χ4n) is 2.34. The number of fused-ring (bicyclic) bond motifs is 3. The highest BCUT2D eigenvalue weighted by atomic mass is 16.6. The molecule has 0 unspecified atom stereocenters. The molecule has 18 heavy (non-hydrogen) atoms. The molecule has 0 amide bonds. The molecular weight excluding hydrogens is 228 g/mol. The number of nitrogens with zero attached hydrogens (tertiary/aromatic N) is 2. The van der Waals surface area contributed by atoms with Gasteiger partial charge >= 0.3 is 0 Å². The van der Waals surface area contributed by atoms with Crippen LogP contribution in [0.2, 0.25) is 0 Å². The minimum atomic E-state index is 0.630. The van der Waals surface area contributed by atoms with E-state index in [1.807, 2.05) is 6.07 Å². The van der Waals surface area contributed by atoms with Crippen molar-refractivity contribution in [1.82, 2.24) is 9.47 Å². The molecular formula is C14H18N2O2. The second-order valence-corrected chi connectivity index (χ2v) is 4.80. The maximum atomic E-state index is 5.79. The summed E-state index contributed by atoms with van der Waals surface area (Å²) >= 11 is 0. The molecule has 2 heterocycles. The number of benzene rings is 1. The van der Waals surface area contributed by atoms with Gasteiger partial charge in [-0.15, -0.1) is 0 Å². The molecule has 0 spiro atoms. The molecule has 1 aromatic carbocycles. The van der Waals surface area contributed by atoms with E-state index in [4.69, 9.17) is 9.47 Å². The van der Waals surface area contributed by atoms with E-state index < -0.39 is 0 Å². The van der Waals surface area contributed by atoms with E-state index in [1.165, 1.54) is 5.52 Å². The van der Waals surface area contributed by atoms with E-state index in [0.717, 1.165) is 30.1 Å². The Morgan fingerprint density at radius 2 is 1.94 bits per heavy atom. The Hall–Kier alpha value is -1.68. The van der Waals surface area contributed by atoms with E-state index in [2.05, 4.69) is 41.8 Å². The van der Waals surface area contributed by atoms with Crippen LogP contribution >= 0.6 is 0 Å². The van der Waals surface area contributed by atoms with Crippen LogP contribution in [-0.4, -0.2) is 43.3 Å². The summed E-state index contributed by atoms with van der Waals surface area (Å²) < 4.78 is 13.8. The van der Waals surface area contributed by atoms with Crippen LogP contribution in [0.25, 0.3) is 10.9 Å². The number of rotatable bonds is 3. The van der Waals surface area contributed by atoms with E-state index >= 15 is 0 Å². The second kappa shape index (κ2) is 4.53. The Labute approximate surface area is 107 Å². The summed E-state index contributed by atoms with van der Waals surface area (Å²) in [6.45, 7) is 3.15. The van der Waals surface area contributed by atoms with Crippen LogP contribution in [0.15, 0.2) is 24.3 Å². The van der Waals surface area contributed by atoms with Crippen molar-refractivity contribution in [2.24, 2.45) is 0 Å². The highest BCUT2D eigenvalue weighted by molar-refractivity contribution is 5.90. The number of hydrogen-bond donors (Lipinski definition) is 0. The molecule has 1 aliphatic heterocycles. The SMILES string of the molecule is CN(C)CCn1c2c(c3ccccc31)OCCO2. The van der Waals surface area contributed by atoms with Gasteiger partial charge in [-0.05, 0) is 26.2 Å². The van der Waals surface area contributed by atoms with Crippen LogP contribution in [0.4, 0.5) is 0 Å². The lowest BCUT2D eigenvalue weighted by atomic mass is 10.2. The molecule has 96 valence electrons. The lowest BCUT2D eigenvalue weighted by molar-refractivity contribution is 0.161. The summed E-state index contributed by atoms with van der Waals surface area (Å²) in [7, 11) is 4.16.